The van der Waals surface area contributed by atoms with E-state index in [0.717, 1.165) is 0 Å². The van der Waals surface area contributed by atoms with Crippen LogP contribution in [0.2, 0.25) is 0 Å². The molecular weight excluding hydrogens is 251 g/mol. The van der Waals surface area contributed by atoms with Crippen LogP contribution in [0.3, 0.4) is 0 Å². The van der Waals surface area contributed by atoms with E-state index in [1.807, 2.05) is 0 Å². The Morgan fingerprint density at radius 2 is 0.556 bits per heavy atom. The third-order valence-electron chi connectivity index (χ3n) is 0. The maximum absolute atomic E-state index is 10.5. The van der Waals surface area contributed by atoms with Crippen molar-refractivity contribution in [3.05, 3.63) is 0 Å². The Labute approximate surface area is 134 Å². The van der Waals surface area contributed by atoms with Gasteiger partial charge in [-0.1, -0.05) is 0 Å². The third-order valence-corrected chi connectivity index (χ3v) is 0. The molecule has 0 spiro atoms. The van der Waals surface area contributed by atoms with Gasteiger partial charge in [-0.25, -0.2) is 0 Å². The van der Waals surface area contributed by atoms with Crippen molar-refractivity contribution in [2.45, 2.75) is 0 Å². The van der Waals surface area contributed by atoms with E-state index in [0.29, 0.717) is 0 Å². The van der Waals surface area contributed by atoms with Crippen LogP contribution in [0.15, 0.2) is 0 Å². The Bertz CT molecular complexity index is 69.6. The zero-order valence-corrected chi connectivity index (χ0v) is 11.8. The number of hydrogen-bond acceptors (Lipinski definition) is 0. The molecule has 0 saturated carbocycles. The molecule has 0 nitrogen and oxygen atoms in total. The largest absolute Gasteiger partial charge is 1.00 e. The Balaban J connectivity index is -0.000000180. The van der Waals surface area contributed by atoms with Gasteiger partial charge < -0.3 is 0 Å². The number of hydrogen-bond donors (Lipinski definition) is 0. The minimum atomic E-state index is -10.5. The van der Waals surface area contributed by atoms with Gasteiger partial charge in [0.25, 0.3) is 0 Å². The molecule has 0 aromatic heterocycles. The Morgan fingerprint density at radius 3 is 0.556 bits per heavy atom. The summed E-state index contributed by atoms with van der Waals surface area (Å²) in [6.07, 6.45) is 0. The molecule has 0 N–H and O–H groups in total. The van der Waals surface area contributed by atoms with Crippen LogP contribution in [0.4, 0.5) is 21.6 Å². The molecule has 9 heteroatoms. The standard InChI is InChI=1S/6FH.2K.Ni/h6*1H;;;/q;;;;;;2*+1;+4/p-6. The van der Waals surface area contributed by atoms with Crippen molar-refractivity contribution in [1.29, 1.82) is 0 Å². The monoisotopic (exact) mass is 250 g/mol. The molecule has 0 fully saturated rings. The van der Waals surface area contributed by atoms with Gasteiger partial charge in [0.2, 0.25) is 0 Å². The van der Waals surface area contributed by atoms with Crippen molar-refractivity contribution in [3.63, 3.8) is 0 Å². The third kappa shape index (κ3) is 88.5. The molecule has 0 amide bonds. The smallest absolute Gasteiger partial charge is 1.00 e. The zero-order chi connectivity index (χ0) is 6.41. The van der Waals surface area contributed by atoms with Gasteiger partial charge in [0.05, 0.1) is 0 Å². The summed E-state index contributed by atoms with van der Waals surface area (Å²) in [5, 5.41) is 0. The minimum Gasteiger partial charge on any atom is 1.00 e. The van der Waals surface area contributed by atoms with Crippen LogP contribution >= 0.6 is 0 Å². The van der Waals surface area contributed by atoms with Crippen molar-refractivity contribution in [2.75, 3.05) is 0 Å². The summed E-state index contributed by atoms with van der Waals surface area (Å²) in [5.41, 5.74) is 0. The Morgan fingerprint density at radius 1 is 0.556 bits per heavy atom. The van der Waals surface area contributed by atoms with Gasteiger partial charge in [0.15, 0.2) is 0 Å². The van der Waals surface area contributed by atoms with Gasteiger partial charge in [-0.15, -0.1) is 0 Å². The van der Waals surface area contributed by atoms with Crippen LogP contribution in [0.25, 0.3) is 0 Å². The van der Waals surface area contributed by atoms with Crippen LogP contribution in [-0.4, -0.2) is 0 Å². The summed E-state index contributed by atoms with van der Waals surface area (Å²) >= 11 is -10.5. The summed E-state index contributed by atoms with van der Waals surface area (Å²) in [4.78, 5) is 0. The van der Waals surface area contributed by atoms with Crippen LogP contribution in [0, 0.1) is 0 Å². The first-order valence-corrected chi connectivity index (χ1v) is 2.96. The topological polar surface area (TPSA) is 0 Å². The van der Waals surface area contributed by atoms with Crippen LogP contribution in [0.1, 0.15) is 0 Å². The molecule has 9 heavy (non-hydrogen) atoms. The average molecular weight is 251 g/mol. The van der Waals surface area contributed by atoms with Crippen molar-refractivity contribution in [1.82, 2.24) is 0 Å². The van der Waals surface area contributed by atoms with Crippen LogP contribution < -0.4 is 103 Å². The molecule has 54 valence electrons. The average Bonchev–Trinajstić information content (AvgIpc) is 0.592. The molecule has 0 radical (unpaired) electrons. The van der Waals surface area contributed by atoms with Gasteiger partial charge in [-0.3, -0.25) is 0 Å². The molecule has 0 aliphatic heterocycles. The van der Waals surface area contributed by atoms with E-state index >= 15 is 0 Å². The zero-order valence-electron chi connectivity index (χ0n) is 4.58. The first kappa shape index (κ1) is 18.2. The Hall–Kier alpha value is 3.35. The molecule has 0 atom stereocenters. The molecule has 0 heterocycles. The van der Waals surface area contributed by atoms with E-state index in [2.05, 4.69) is 0 Å². The van der Waals surface area contributed by atoms with Gasteiger partial charge in [0, 0.05) is 0 Å². The quantitative estimate of drug-likeness (QED) is 0.310. The first-order valence-electron chi connectivity index (χ1n) is 0.717. The predicted molar refractivity (Wildman–Crippen MR) is 6.65 cm³/mol. The second kappa shape index (κ2) is 3.61. The van der Waals surface area contributed by atoms with E-state index in [-0.39, 0.29) is 103 Å². The van der Waals surface area contributed by atoms with E-state index in [9.17, 15) is 21.6 Å². The van der Waals surface area contributed by atoms with Crippen molar-refractivity contribution in [3.8, 4) is 0 Å². The molecule has 0 unspecified atom stereocenters. The van der Waals surface area contributed by atoms with E-state index in [4.69, 9.17) is 0 Å². The SMILES string of the molecule is [F][Ni-2]([F])([F])([F])([F])[F].[K+].[K+]. The minimum absolute atomic E-state index is 0. The van der Waals surface area contributed by atoms with E-state index in [1.54, 1.807) is 0 Å². The molecule has 0 bridgehead atoms. The Kier molecular flexibility index (Phi) is 7.30. The van der Waals surface area contributed by atoms with Gasteiger partial charge in [0.1, 0.15) is 0 Å². The molecule has 0 aliphatic rings. The maximum Gasteiger partial charge on any atom is 1.00 e. The van der Waals surface area contributed by atoms with E-state index in [1.165, 1.54) is 0 Å². The van der Waals surface area contributed by atoms with Gasteiger partial charge in [-0.05, 0) is 0 Å². The summed E-state index contributed by atoms with van der Waals surface area (Å²) in [6.45, 7) is 0. The number of halogens is 6. The molecule has 0 aliphatic carbocycles. The molecular formula is F6K2Ni. The number of rotatable bonds is 0. The fourth-order valence-electron chi connectivity index (χ4n) is 0. The summed E-state index contributed by atoms with van der Waals surface area (Å²) in [5.74, 6) is 0. The van der Waals surface area contributed by atoms with Gasteiger partial charge in [-0.2, -0.15) is 0 Å². The van der Waals surface area contributed by atoms with Crippen molar-refractivity contribution >= 4 is 0 Å². The van der Waals surface area contributed by atoms with Crippen LogP contribution in [0.5, 0.6) is 0 Å². The second-order valence-electron chi connectivity index (χ2n) is 0.678. The van der Waals surface area contributed by atoms with Gasteiger partial charge >= 0.3 is 137 Å². The summed E-state index contributed by atoms with van der Waals surface area (Å²) in [7, 11) is 0. The van der Waals surface area contributed by atoms with Crippen molar-refractivity contribution in [2.24, 2.45) is 0 Å². The fourth-order valence-corrected chi connectivity index (χ4v) is 0. The van der Waals surface area contributed by atoms with E-state index < -0.39 is 13.0 Å². The first-order chi connectivity index (χ1) is 2.45. The predicted octanol–water partition coefficient (Wildman–Crippen LogP) is -3.47. The summed E-state index contributed by atoms with van der Waals surface area (Å²) < 4.78 is 59.1. The molecule has 0 aromatic carbocycles. The molecule has 0 rings (SSSR count). The normalized spacial score (nSPS) is 18.0. The molecule has 0 saturated heterocycles. The van der Waals surface area contributed by atoms with Crippen LogP contribution in [-0.2, 0) is 13.0 Å². The second-order valence-corrected chi connectivity index (χ2v) is 2.79. The fraction of sp³-hybridized carbons (Fsp3) is 0. The maximum atomic E-state index is 9.85. The van der Waals surface area contributed by atoms with Crippen molar-refractivity contribution < 1.29 is 137 Å². The molecule has 0 aromatic rings. The summed E-state index contributed by atoms with van der Waals surface area (Å²) in [6, 6.07) is 0.